The molecule has 1 heterocycles. The van der Waals surface area contributed by atoms with Gasteiger partial charge in [0.2, 0.25) is 17.7 Å². The van der Waals surface area contributed by atoms with E-state index in [0.29, 0.717) is 5.75 Å². The number of carbonyl (C=O) groups is 4. The van der Waals surface area contributed by atoms with Crippen LogP contribution in [0.15, 0.2) is 36.4 Å². The van der Waals surface area contributed by atoms with Crippen molar-refractivity contribution in [3.05, 3.63) is 64.7 Å². The summed E-state index contributed by atoms with van der Waals surface area (Å²) in [7, 11) is 0. The lowest BCUT2D eigenvalue weighted by Gasteiger charge is -2.24. The molecule has 38 heavy (non-hydrogen) atoms. The van der Waals surface area contributed by atoms with E-state index in [4.69, 9.17) is 4.74 Å². The predicted molar refractivity (Wildman–Crippen MR) is 132 cm³/mol. The Morgan fingerprint density at radius 1 is 1.11 bits per heavy atom. The van der Waals surface area contributed by atoms with Gasteiger partial charge in [-0.1, -0.05) is 12.1 Å². The molecule has 0 aromatic heterocycles. The topological polar surface area (TPSA) is 137 Å². The van der Waals surface area contributed by atoms with E-state index in [0.717, 1.165) is 17.7 Å². The summed E-state index contributed by atoms with van der Waals surface area (Å²) < 4.78 is 32.5. The number of ether oxygens (including phenoxy) is 1. The molecule has 0 saturated heterocycles. The Morgan fingerprint density at radius 2 is 1.87 bits per heavy atom. The first-order chi connectivity index (χ1) is 18.0. The van der Waals surface area contributed by atoms with Gasteiger partial charge in [-0.25, -0.2) is 8.78 Å². The second-order valence-electron chi connectivity index (χ2n) is 8.90. The van der Waals surface area contributed by atoms with Crippen molar-refractivity contribution < 1.29 is 37.8 Å². The third kappa shape index (κ3) is 7.72. The number of hydrogen-bond donors (Lipinski definition) is 4. The van der Waals surface area contributed by atoms with Gasteiger partial charge in [0.15, 0.2) is 11.6 Å². The first-order valence-corrected chi connectivity index (χ1v) is 12.0. The molecule has 4 amide bonds. The Bertz CT molecular complexity index is 1210. The number of halogens is 2. The van der Waals surface area contributed by atoms with Gasteiger partial charge in [0.25, 0.3) is 5.91 Å². The average molecular weight is 533 g/mol. The van der Waals surface area contributed by atoms with E-state index in [1.807, 2.05) is 0 Å². The van der Waals surface area contributed by atoms with E-state index in [2.05, 4.69) is 16.0 Å². The first kappa shape index (κ1) is 28.5. The van der Waals surface area contributed by atoms with Gasteiger partial charge in [0.1, 0.15) is 18.4 Å². The lowest BCUT2D eigenvalue weighted by molar-refractivity contribution is -0.135. The second kappa shape index (κ2) is 13.0. The van der Waals surface area contributed by atoms with Gasteiger partial charge >= 0.3 is 0 Å². The van der Waals surface area contributed by atoms with Crippen molar-refractivity contribution in [1.29, 1.82) is 0 Å². The molecule has 0 fully saturated rings. The Labute approximate surface area is 218 Å². The Hall–Kier alpha value is -4.06. The van der Waals surface area contributed by atoms with Crippen LogP contribution in [0.4, 0.5) is 8.78 Å². The van der Waals surface area contributed by atoms with Crippen molar-refractivity contribution in [2.75, 3.05) is 32.8 Å². The normalized spacial score (nSPS) is 18.4. The molecule has 0 spiro atoms. The minimum atomic E-state index is -1.29. The van der Waals surface area contributed by atoms with Crippen LogP contribution >= 0.6 is 0 Å². The standard InChI is InChI=1S/C26H30F2N4O6/c1-15-3-5-18-13-21(15)38-10-8-29-22(34)14-32(23(35)12-17-4-6-19(27)20(28)11-17)9-7-30-26(37)24(16(2)33)31-25(18)36/h3-6,11,13,16,24,33H,7-10,12,14H2,1-2H3,(H,29,34)(H,30,37)(H,31,36)/t16-,24+/m1/s1. The third-order valence-corrected chi connectivity index (χ3v) is 5.89. The number of nitrogens with one attached hydrogen (secondary N) is 3. The maximum absolute atomic E-state index is 13.6. The zero-order chi connectivity index (χ0) is 27.8. The maximum Gasteiger partial charge on any atom is 0.252 e. The fourth-order valence-corrected chi connectivity index (χ4v) is 3.76. The number of aliphatic hydroxyl groups is 1. The van der Waals surface area contributed by atoms with Gasteiger partial charge in [-0.3, -0.25) is 19.2 Å². The van der Waals surface area contributed by atoms with E-state index < -0.39 is 47.4 Å². The summed E-state index contributed by atoms with van der Waals surface area (Å²) >= 11 is 0. The van der Waals surface area contributed by atoms with Crippen molar-refractivity contribution >= 4 is 23.6 Å². The molecule has 0 aliphatic carbocycles. The van der Waals surface area contributed by atoms with Crippen LogP contribution in [0.5, 0.6) is 5.75 Å². The van der Waals surface area contributed by atoms with E-state index in [9.17, 15) is 33.1 Å². The van der Waals surface area contributed by atoms with Crippen molar-refractivity contribution in [3.63, 3.8) is 0 Å². The summed E-state index contributed by atoms with van der Waals surface area (Å²) in [6.45, 7) is 2.76. The molecule has 2 aromatic carbocycles. The molecule has 204 valence electrons. The predicted octanol–water partition coefficient (Wildman–Crippen LogP) is 0.449. The molecule has 0 saturated carbocycles. The molecule has 4 N–H and O–H groups in total. The Balaban J connectivity index is 1.79. The molecule has 0 unspecified atom stereocenters. The molecule has 2 atom stereocenters. The van der Waals surface area contributed by atoms with Crippen LogP contribution in [-0.2, 0) is 20.8 Å². The van der Waals surface area contributed by atoms with Gasteiger partial charge in [0.05, 0.1) is 25.6 Å². The van der Waals surface area contributed by atoms with Gasteiger partial charge in [-0.15, -0.1) is 0 Å². The van der Waals surface area contributed by atoms with E-state index in [-0.39, 0.29) is 50.3 Å². The minimum Gasteiger partial charge on any atom is -0.491 e. The van der Waals surface area contributed by atoms with Crippen LogP contribution in [0.2, 0.25) is 0 Å². The molecule has 2 bridgehead atoms. The minimum absolute atomic E-state index is 0.0802. The summed E-state index contributed by atoms with van der Waals surface area (Å²) in [6, 6.07) is 6.51. The highest BCUT2D eigenvalue weighted by molar-refractivity contribution is 5.98. The molecule has 3 rings (SSSR count). The van der Waals surface area contributed by atoms with E-state index in [1.165, 1.54) is 24.0 Å². The number of rotatable bonds is 3. The summed E-state index contributed by atoms with van der Waals surface area (Å²) in [4.78, 5) is 52.2. The highest BCUT2D eigenvalue weighted by Gasteiger charge is 2.27. The van der Waals surface area contributed by atoms with Crippen molar-refractivity contribution in [2.24, 2.45) is 0 Å². The summed E-state index contributed by atoms with van der Waals surface area (Å²) in [5.74, 6) is -4.09. The summed E-state index contributed by atoms with van der Waals surface area (Å²) in [5, 5.41) is 17.8. The van der Waals surface area contributed by atoms with Crippen molar-refractivity contribution in [1.82, 2.24) is 20.9 Å². The molecule has 2 aromatic rings. The Kier molecular flexibility index (Phi) is 9.72. The number of hydrogen-bond acceptors (Lipinski definition) is 6. The van der Waals surface area contributed by atoms with Crippen LogP contribution in [0.1, 0.15) is 28.4 Å². The average Bonchev–Trinajstić information content (AvgIpc) is 2.86. The lowest BCUT2D eigenvalue weighted by Crippen LogP contribution is -2.53. The number of benzene rings is 2. The molecule has 12 heteroatoms. The highest BCUT2D eigenvalue weighted by Crippen LogP contribution is 2.20. The zero-order valence-electron chi connectivity index (χ0n) is 21.1. The largest absolute Gasteiger partial charge is 0.491 e. The maximum atomic E-state index is 13.6. The molecule has 1 aliphatic rings. The lowest BCUT2D eigenvalue weighted by atomic mass is 10.1. The number of fused-ring (bicyclic) bond motifs is 2. The number of carbonyl (C=O) groups excluding carboxylic acids is 4. The van der Waals surface area contributed by atoms with Gasteiger partial charge in [-0.2, -0.15) is 0 Å². The van der Waals surface area contributed by atoms with Gasteiger partial charge < -0.3 is 30.7 Å². The Morgan fingerprint density at radius 3 is 2.58 bits per heavy atom. The fourth-order valence-electron chi connectivity index (χ4n) is 3.76. The molecule has 0 radical (unpaired) electrons. The van der Waals surface area contributed by atoms with Crippen LogP contribution < -0.4 is 20.7 Å². The van der Waals surface area contributed by atoms with Gasteiger partial charge in [-0.05, 0) is 49.2 Å². The van der Waals surface area contributed by atoms with Crippen LogP contribution in [0.25, 0.3) is 0 Å². The van der Waals surface area contributed by atoms with Crippen LogP contribution in [0, 0.1) is 18.6 Å². The quantitative estimate of drug-likeness (QED) is 0.453. The van der Waals surface area contributed by atoms with Gasteiger partial charge in [0, 0.05) is 18.7 Å². The van der Waals surface area contributed by atoms with E-state index in [1.54, 1.807) is 19.1 Å². The second-order valence-corrected chi connectivity index (χ2v) is 8.90. The highest BCUT2D eigenvalue weighted by atomic mass is 19.2. The van der Waals surface area contributed by atoms with Crippen molar-refractivity contribution in [2.45, 2.75) is 32.4 Å². The number of amides is 4. The van der Waals surface area contributed by atoms with Crippen LogP contribution in [-0.4, -0.2) is 78.6 Å². The summed E-state index contributed by atoms with van der Waals surface area (Å²) in [5.41, 5.74) is 1.17. The smallest absolute Gasteiger partial charge is 0.252 e. The molecular formula is C26H30F2N4O6. The SMILES string of the molecule is Cc1ccc2cc1OCCNC(=O)CN(C(=O)Cc1ccc(F)c(F)c1)CCNC(=O)[C@H]([C@@H](C)O)NC2=O. The monoisotopic (exact) mass is 532 g/mol. The van der Waals surface area contributed by atoms with E-state index >= 15 is 0 Å². The third-order valence-electron chi connectivity index (χ3n) is 5.89. The van der Waals surface area contributed by atoms with Crippen molar-refractivity contribution in [3.8, 4) is 5.75 Å². The number of aryl methyl sites for hydroxylation is 1. The zero-order valence-corrected chi connectivity index (χ0v) is 21.1. The molecule has 10 nitrogen and oxygen atoms in total. The molecular weight excluding hydrogens is 502 g/mol. The number of nitrogens with zero attached hydrogens (tertiary/aromatic N) is 1. The first-order valence-electron chi connectivity index (χ1n) is 12.0. The fraction of sp³-hybridized carbons (Fsp3) is 0.385. The number of aliphatic hydroxyl groups excluding tert-OH is 1. The summed E-state index contributed by atoms with van der Waals surface area (Å²) in [6.07, 6.45) is -1.54. The van der Waals surface area contributed by atoms with Crippen LogP contribution in [0.3, 0.4) is 0 Å². The molecule has 1 aliphatic heterocycles.